The summed E-state index contributed by atoms with van der Waals surface area (Å²) in [7, 11) is 0. The van der Waals surface area contributed by atoms with E-state index in [-0.39, 0.29) is 6.29 Å². The second-order valence-electron chi connectivity index (χ2n) is 3.69. The van der Waals surface area contributed by atoms with Gasteiger partial charge in [-0.2, -0.15) is 0 Å². The molecule has 1 aromatic heterocycles. The zero-order chi connectivity index (χ0) is 12.1. The Bertz CT molecular complexity index is 473. The predicted octanol–water partition coefficient (Wildman–Crippen LogP) is 3.31. The topological polar surface area (TPSA) is 31.4 Å². The first-order valence-electron chi connectivity index (χ1n) is 5.92. The highest BCUT2D eigenvalue weighted by Crippen LogP contribution is 2.26. The number of benzene rings is 1. The van der Waals surface area contributed by atoms with Gasteiger partial charge in [0.25, 0.3) is 0 Å². The minimum atomic E-state index is -0.295. The molecule has 0 amide bonds. The number of fused-ring (bicyclic) bond motifs is 1. The molecule has 0 N–H and O–H groups in total. The highest BCUT2D eigenvalue weighted by Gasteiger charge is 2.13. The molecule has 0 atom stereocenters. The number of hydrogen-bond acceptors (Lipinski definition) is 3. The van der Waals surface area contributed by atoms with Crippen LogP contribution in [-0.4, -0.2) is 18.2 Å². The van der Waals surface area contributed by atoms with Gasteiger partial charge in [0, 0.05) is 36.6 Å². The van der Waals surface area contributed by atoms with E-state index in [1.165, 1.54) is 0 Å². The predicted molar refractivity (Wildman–Crippen MR) is 67.7 cm³/mol. The molecule has 90 valence electrons. The Morgan fingerprint density at radius 1 is 1.12 bits per heavy atom. The van der Waals surface area contributed by atoms with E-state index in [2.05, 4.69) is 4.98 Å². The fraction of sp³-hybridized carbons (Fsp3) is 0.357. The van der Waals surface area contributed by atoms with Crippen LogP contribution < -0.4 is 0 Å². The maximum Gasteiger partial charge on any atom is 0.184 e. The number of hydrogen-bond donors (Lipinski definition) is 0. The summed E-state index contributed by atoms with van der Waals surface area (Å²) in [6, 6.07) is 8.08. The highest BCUT2D eigenvalue weighted by molar-refractivity contribution is 5.84. The van der Waals surface area contributed by atoms with E-state index in [9.17, 15) is 0 Å². The number of nitrogens with zero attached hydrogens (tertiary/aromatic N) is 1. The summed E-state index contributed by atoms with van der Waals surface area (Å²) < 4.78 is 11.3. The fourth-order valence-electron chi connectivity index (χ4n) is 1.88. The Hall–Kier alpha value is -1.45. The monoisotopic (exact) mass is 231 g/mol. The lowest BCUT2D eigenvalue weighted by atomic mass is 10.1. The SMILES string of the molecule is CCOC(OCC)c1cccc2cnccc12. The van der Waals surface area contributed by atoms with E-state index in [1.807, 2.05) is 44.3 Å². The lowest BCUT2D eigenvalue weighted by molar-refractivity contribution is -0.139. The third kappa shape index (κ3) is 2.62. The molecule has 0 bridgehead atoms. The smallest absolute Gasteiger partial charge is 0.184 e. The van der Waals surface area contributed by atoms with Crippen LogP contribution in [0.25, 0.3) is 10.8 Å². The summed E-state index contributed by atoms with van der Waals surface area (Å²) in [6.07, 6.45) is 3.35. The summed E-state index contributed by atoms with van der Waals surface area (Å²) >= 11 is 0. The molecule has 0 aliphatic rings. The molecule has 0 saturated carbocycles. The van der Waals surface area contributed by atoms with Crippen molar-refractivity contribution in [3.63, 3.8) is 0 Å². The first-order valence-corrected chi connectivity index (χ1v) is 5.92. The fourth-order valence-corrected chi connectivity index (χ4v) is 1.88. The molecule has 0 saturated heterocycles. The van der Waals surface area contributed by atoms with Crippen LogP contribution in [0.1, 0.15) is 25.7 Å². The van der Waals surface area contributed by atoms with Crippen LogP contribution in [0.15, 0.2) is 36.7 Å². The van der Waals surface area contributed by atoms with Crippen molar-refractivity contribution in [1.29, 1.82) is 0 Å². The van der Waals surface area contributed by atoms with Gasteiger partial charge in [-0.25, -0.2) is 0 Å². The first kappa shape index (κ1) is 12.0. The maximum atomic E-state index is 5.63. The van der Waals surface area contributed by atoms with Crippen LogP contribution in [0, 0.1) is 0 Å². The second-order valence-corrected chi connectivity index (χ2v) is 3.69. The van der Waals surface area contributed by atoms with Crippen molar-refractivity contribution in [3.05, 3.63) is 42.2 Å². The molecule has 0 fully saturated rings. The van der Waals surface area contributed by atoms with Gasteiger partial charge < -0.3 is 9.47 Å². The number of pyridine rings is 1. The molecule has 3 heteroatoms. The third-order valence-electron chi connectivity index (χ3n) is 2.60. The van der Waals surface area contributed by atoms with Gasteiger partial charge in [-0.3, -0.25) is 4.98 Å². The van der Waals surface area contributed by atoms with Gasteiger partial charge >= 0.3 is 0 Å². The molecule has 0 radical (unpaired) electrons. The number of aromatic nitrogens is 1. The Kier molecular flexibility index (Phi) is 4.07. The Morgan fingerprint density at radius 3 is 2.59 bits per heavy atom. The van der Waals surface area contributed by atoms with E-state index >= 15 is 0 Å². The van der Waals surface area contributed by atoms with E-state index in [1.54, 1.807) is 6.20 Å². The quantitative estimate of drug-likeness (QED) is 0.740. The highest BCUT2D eigenvalue weighted by atomic mass is 16.7. The maximum absolute atomic E-state index is 5.63. The molecule has 0 spiro atoms. The van der Waals surface area contributed by atoms with Crippen LogP contribution in [0.3, 0.4) is 0 Å². The van der Waals surface area contributed by atoms with Gasteiger partial charge in [0.2, 0.25) is 0 Å². The summed E-state index contributed by atoms with van der Waals surface area (Å²) in [5.41, 5.74) is 1.06. The molecule has 0 aliphatic carbocycles. The van der Waals surface area contributed by atoms with Gasteiger partial charge in [-0.1, -0.05) is 18.2 Å². The van der Waals surface area contributed by atoms with Gasteiger partial charge in [0.05, 0.1) is 0 Å². The molecule has 0 unspecified atom stereocenters. The van der Waals surface area contributed by atoms with Crippen molar-refractivity contribution in [2.24, 2.45) is 0 Å². The second kappa shape index (κ2) is 5.75. The largest absolute Gasteiger partial charge is 0.349 e. The van der Waals surface area contributed by atoms with E-state index in [0.717, 1.165) is 16.3 Å². The van der Waals surface area contributed by atoms with Crippen molar-refractivity contribution in [2.75, 3.05) is 13.2 Å². The van der Waals surface area contributed by atoms with E-state index < -0.39 is 0 Å². The van der Waals surface area contributed by atoms with Crippen molar-refractivity contribution in [3.8, 4) is 0 Å². The molecule has 1 heterocycles. The number of rotatable bonds is 5. The zero-order valence-electron chi connectivity index (χ0n) is 10.2. The number of ether oxygens (including phenoxy) is 2. The van der Waals surface area contributed by atoms with Crippen molar-refractivity contribution >= 4 is 10.8 Å². The van der Waals surface area contributed by atoms with Gasteiger partial charge in [-0.05, 0) is 25.3 Å². The molecule has 1 aromatic carbocycles. The third-order valence-corrected chi connectivity index (χ3v) is 2.60. The van der Waals surface area contributed by atoms with Crippen LogP contribution in [0.2, 0.25) is 0 Å². The lowest BCUT2D eigenvalue weighted by Crippen LogP contribution is -2.09. The van der Waals surface area contributed by atoms with Crippen LogP contribution in [0.4, 0.5) is 0 Å². The Balaban J connectivity index is 2.44. The van der Waals surface area contributed by atoms with Crippen molar-refractivity contribution in [2.45, 2.75) is 20.1 Å². The first-order chi connectivity index (χ1) is 8.36. The lowest BCUT2D eigenvalue weighted by Gasteiger charge is -2.18. The van der Waals surface area contributed by atoms with Gasteiger partial charge in [0.1, 0.15) is 0 Å². The van der Waals surface area contributed by atoms with Crippen LogP contribution in [0.5, 0.6) is 0 Å². The Morgan fingerprint density at radius 2 is 1.88 bits per heavy atom. The molecule has 3 nitrogen and oxygen atoms in total. The molecule has 17 heavy (non-hydrogen) atoms. The molecule has 2 aromatic rings. The van der Waals surface area contributed by atoms with Crippen LogP contribution in [-0.2, 0) is 9.47 Å². The van der Waals surface area contributed by atoms with E-state index in [0.29, 0.717) is 13.2 Å². The Labute approximate surface area is 101 Å². The van der Waals surface area contributed by atoms with Crippen molar-refractivity contribution < 1.29 is 9.47 Å². The molecule has 0 aliphatic heterocycles. The zero-order valence-corrected chi connectivity index (χ0v) is 10.2. The molecule has 2 rings (SSSR count). The van der Waals surface area contributed by atoms with Gasteiger partial charge in [0.15, 0.2) is 6.29 Å². The normalized spacial score (nSPS) is 11.2. The average molecular weight is 231 g/mol. The minimum Gasteiger partial charge on any atom is -0.349 e. The standard InChI is InChI=1S/C14H17NO2/c1-3-16-14(17-4-2)13-7-5-6-11-10-15-9-8-12(11)13/h5-10,14H,3-4H2,1-2H3. The van der Waals surface area contributed by atoms with E-state index in [4.69, 9.17) is 9.47 Å². The minimum absolute atomic E-state index is 0.295. The molecular weight excluding hydrogens is 214 g/mol. The summed E-state index contributed by atoms with van der Waals surface area (Å²) in [6.45, 7) is 5.20. The average Bonchev–Trinajstić information content (AvgIpc) is 2.38. The van der Waals surface area contributed by atoms with Crippen LogP contribution >= 0.6 is 0 Å². The van der Waals surface area contributed by atoms with Gasteiger partial charge in [-0.15, -0.1) is 0 Å². The molecular formula is C14H17NO2. The summed E-state index contributed by atoms with van der Waals surface area (Å²) in [5.74, 6) is 0. The summed E-state index contributed by atoms with van der Waals surface area (Å²) in [4.78, 5) is 4.12. The summed E-state index contributed by atoms with van der Waals surface area (Å²) in [5, 5.41) is 2.24. The van der Waals surface area contributed by atoms with Crippen molar-refractivity contribution in [1.82, 2.24) is 4.98 Å².